The van der Waals surface area contributed by atoms with Crippen LogP contribution >= 0.6 is 27.5 Å². The van der Waals surface area contributed by atoms with Gasteiger partial charge in [0.2, 0.25) is 0 Å². The molecule has 1 aliphatic heterocycles. The molecule has 0 aliphatic carbocycles. The summed E-state index contributed by atoms with van der Waals surface area (Å²) >= 11 is 9.43. The van der Waals surface area contributed by atoms with Crippen LogP contribution in [0.3, 0.4) is 0 Å². The number of nitrogens with one attached hydrogen (secondary N) is 1. The number of ether oxygens (including phenoxy) is 1. The van der Waals surface area contributed by atoms with Crippen LogP contribution in [0.4, 0.5) is 5.69 Å². The van der Waals surface area contributed by atoms with Crippen LogP contribution in [0.15, 0.2) is 71.2 Å². The van der Waals surface area contributed by atoms with E-state index >= 15 is 0 Å². The van der Waals surface area contributed by atoms with Crippen LogP contribution in [0.25, 0.3) is 11.6 Å². The Morgan fingerprint density at radius 1 is 1.04 bits per heavy atom. The van der Waals surface area contributed by atoms with Crippen molar-refractivity contribution >= 4 is 50.8 Å². The lowest BCUT2D eigenvalue weighted by molar-refractivity contribution is -0.110. The van der Waals surface area contributed by atoms with Gasteiger partial charge < -0.3 is 10.1 Å². The Labute approximate surface area is 170 Å². The van der Waals surface area contributed by atoms with Gasteiger partial charge in [-0.1, -0.05) is 57.9 Å². The van der Waals surface area contributed by atoms with Crippen LogP contribution in [0, 0.1) is 0 Å². The van der Waals surface area contributed by atoms with E-state index in [1.54, 1.807) is 12.1 Å². The number of benzene rings is 3. The number of halogens is 2. The number of hydrogen-bond donors (Lipinski definition) is 1. The fraction of sp³-hybridized carbons (Fsp3) is 0.0455. The Balaban J connectivity index is 1.55. The third kappa shape index (κ3) is 4.07. The highest BCUT2D eigenvalue weighted by Crippen LogP contribution is 2.35. The van der Waals surface area contributed by atoms with Crippen LogP contribution < -0.4 is 10.1 Å². The minimum Gasteiger partial charge on any atom is -0.489 e. The second-order valence-electron chi connectivity index (χ2n) is 6.19. The predicted octanol–water partition coefficient (Wildman–Crippen LogP) is 6.17. The van der Waals surface area contributed by atoms with Gasteiger partial charge in [-0.2, -0.15) is 0 Å². The van der Waals surface area contributed by atoms with E-state index in [0.29, 0.717) is 17.2 Å². The maximum Gasteiger partial charge on any atom is 0.256 e. The number of rotatable bonds is 4. The van der Waals surface area contributed by atoms with Crippen LogP contribution in [0.1, 0.15) is 16.7 Å². The third-order valence-corrected chi connectivity index (χ3v) is 5.02. The van der Waals surface area contributed by atoms with E-state index in [9.17, 15) is 4.79 Å². The van der Waals surface area contributed by atoms with E-state index in [0.717, 1.165) is 32.6 Å². The zero-order chi connectivity index (χ0) is 18.8. The average Bonchev–Trinajstić information content (AvgIpc) is 2.96. The van der Waals surface area contributed by atoms with Gasteiger partial charge in [0.25, 0.3) is 5.91 Å². The van der Waals surface area contributed by atoms with Crippen molar-refractivity contribution in [3.05, 3.63) is 92.9 Å². The van der Waals surface area contributed by atoms with Crippen molar-refractivity contribution in [3.8, 4) is 5.75 Å². The highest BCUT2D eigenvalue weighted by atomic mass is 79.9. The molecule has 1 heterocycles. The van der Waals surface area contributed by atoms with Crippen molar-refractivity contribution in [2.45, 2.75) is 6.61 Å². The SMILES string of the molecule is O=C1Nc2cc(Cl)ccc2/C1=C/c1cccc(OCc2ccc(Br)cc2)c1. The molecule has 27 heavy (non-hydrogen) atoms. The number of anilines is 1. The summed E-state index contributed by atoms with van der Waals surface area (Å²) in [5.41, 5.74) is 4.19. The molecule has 0 saturated carbocycles. The quantitative estimate of drug-likeness (QED) is 0.492. The van der Waals surface area contributed by atoms with Gasteiger partial charge in [-0.25, -0.2) is 0 Å². The number of fused-ring (bicyclic) bond motifs is 1. The highest BCUT2D eigenvalue weighted by Gasteiger charge is 2.24. The molecule has 0 saturated heterocycles. The first-order valence-electron chi connectivity index (χ1n) is 8.39. The molecule has 1 amide bonds. The molecule has 3 nitrogen and oxygen atoms in total. The van der Waals surface area contributed by atoms with Gasteiger partial charge in [0.05, 0.1) is 5.69 Å². The Morgan fingerprint density at radius 2 is 1.85 bits per heavy atom. The second kappa shape index (κ2) is 7.59. The minimum atomic E-state index is -0.131. The molecule has 0 spiro atoms. The summed E-state index contributed by atoms with van der Waals surface area (Å²) in [4.78, 5) is 12.3. The molecule has 1 N–H and O–H groups in total. The molecule has 1 aliphatic rings. The molecule has 0 atom stereocenters. The molecule has 0 fully saturated rings. The monoisotopic (exact) mass is 439 g/mol. The van der Waals surface area contributed by atoms with Crippen LogP contribution in [-0.2, 0) is 11.4 Å². The first-order valence-corrected chi connectivity index (χ1v) is 9.56. The second-order valence-corrected chi connectivity index (χ2v) is 7.54. The summed E-state index contributed by atoms with van der Waals surface area (Å²) in [6, 6.07) is 21.1. The maximum atomic E-state index is 12.3. The van der Waals surface area contributed by atoms with Gasteiger partial charge in [-0.05, 0) is 53.6 Å². The third-order valence-electron chi connectivity index (χ3n) is 4.25. The largest absolute Gasteiger partial charge is 0.489 e. The first kappa shape index (κ1) is 17.8. The molecule has 0 unspecified atom stereocenters. The lowest BCUT2D eigenvalue weighted by atomic mass is 10.0. The van der Waals surface area contributed by atoms with E-state index in [2.05, 4.69) is 21.2 Å². The van der Waals surface area contributed by atoms with Gasteiger partial charge >= 0.3 is 0 Å². The van der Waals surface area contributed by atoms with Crippen LogP contribution in [-0.4, -0.2) is 5.91 Å². The van der Waals surface area contributed by atoms with E-state index in [4.69, 9.17) is 16.3 Å². The molecule has 0 radical (unpaired) electrons. The molecule has 5 heteroatoms. The molecule has 3 aromatic carbocycles. The van der Waals surface area contributed by atoms with Crippen molar-refractivity contribution in [3.63, 3.8) is 0 Å². The first-order chi connectivity index (χ1) is 13.1. The minimum absolute atomic E-state index is 0.131. The molecule has 4 rings (SSSR count). The average molecular weight is 441 g/mol. The van der Waals surface area contributed by atoms with Crippen LogP contribution in [0.5, 0.6) is 5.75 Å². The lowest BCUT2D eigenvalue weighted by Crippen LogP contribution is -2.03. The fourth-order valence-corrected chi connectivity index (χ4v) is 3.35. The van der Waals surface area contributed by atoms with Crippen molar-refractivity contribution in [1.82, 2.24) is 0 Å². The highest BCUT2D eigenvalue weighted by molar-refractivity contribution is 9.10. The zero-order valence-corrected chi connectivity index (χ0v) is 16.5. The van der Waals surface area contributed by atoms with Crippen molar-refractivity contribution in [1.29, 1.82) is 0 Å². The van der Waals surface area contributed by atoms with E-state index < -0.39 is 0 Å². The van der Waals surface area contributed by atoms with Gasteiger partial charge in [-0.15, -0.1) is 0 Å². The molecule has 3 aromatic rings. The summed E-state index contributed by atoms with van der Waals surface area (Å²) in [7, 11) is 0. The molecular formula is C22H15BrClNO2. The zero-order valence-electron chi connectivity index (χ0n) is 14.2. The van der Waals surface area contributed by atoms with Crippen LogP contribution in [0.2, 0.25) is 5.02 Å². The van der Waals surface area contributed by atoms with Gasteiger partial charge in [0.15, 0.2) is 0 Å². The van der Waals surface area contributed by atoms with Crippen molar-refractivity contribution < 1.29 is 9.53 Å². The number of carbonyl (C=O) groups excluding carboxylic acids is 1. The fourth-order valence-electron chi connectivity index (χ4n) is 2.92. The molecule has 134 valence electrons. The molecular weight excluding hydrogens is 426 g/mol. The molecule has 0 aromatic heterocycles. The maximum absolute atomic E-state index is 12.3. The van der Waals surface area contributed by atoms with Gasteiger partial charge in [-0.3, -0.25) is 4.79 Å². The summed E-state index contributed by atoms with van der Waals surface area (Å²) in [6.45, 7) is 0.481. The number of amides is 1. The Kier molecular flexibility index (Phi) is 5.01. The lowest BCUT2D eigenvalue weighted by Gasteiger charge is -2.07. The summed E-state index contributed by atoms with van der Waals surface area (Å²) < 4.78 is 6.92. The summed E-state index contributed by atoms with van der Waals surface area (Å²) in [5.74, 6) is 0.621. The number of carbonyl (C=O) groups is 1. The summed E-state index contributed by atoms with van der Waals surface area (Å²) in [6.07, 6.45) is 1.86. The predicted molar refractivity (Wildman–Crippen MR) is 113 cm³/mol. The Hall–Kier alpha value is -2.56. The Morgan fingerprint density at radius 3 is 2.67 bits per heavy atom. The smallest absolute Gasteiger partial charge is 0.256 e. The summed E-state index contributed by atoms with van der Waals surface area (Å²) in [5, 5.41) is 3.44. The van der Waals surface area contributed by atoms with Crippen molar-refractivity contribution in [2.24, 2.45) is 0 Å². The van der Waals surface area contributed by atoms with E-state index in [-0.39, 0.29) is 5.91 Å². The van der Waals surface area contributed by atoms with Gasteiger partial charge in [0, 0.05) is 20.6 Å². The standard InChI is InChI=1S/C22H15BrClNO2/c23-16-6-4-14(5-7-16)13-27-18-3-1-2-15(10-18)11-20-19-9-8-17(24)12-21(19)25-22(20)26/h1-12H,13H2,(H,25,26)/b20-11-. The number of hydrogen-bond acceptors (Lipinski definition) is 2. The Bertz CT molecular complexity index is 1040. The molecule has 0 bridgehead atoms. The van der Waals surface area contributed by atoms with Crippen molar-refractivity contribution in [2.75, 3.05) is 5.32 Å². The normalized spacial score (nSPS) is 14.1. The van der Waals surface area contributed by atoms with E-state index in [1.807, 2.05) is 60.7 Å². The van der Waals surface area contributed by atoms with Gasteiger partial charge in [0.1, 0.15) is 12.4 Å². The van der Waals surface area contributed by atoms with E-state index in [1.165, 1.54) is 0 Å². The topological polar surface area (TPSA) is 38.3 Å².